The molecule has 1 amide bonds. The summed E-state index contributed by atoms with van der Waals surface area (Å²) in [4.78, 5) is 14.0. The van der Waals surface area contributed by atoms with Crippen LogP contribution in [-0.4, -0.2) is 40.5 Å². The molecular weight excluding hydrogens is 350 g/mol. The lowest BCUT2D eigenvalue weighted by molar-refractivity contribution is -0.118. The fraction of sp³-hybridized carbons (Fsp3) is 0.278. The molecule has 3 aromatic rings. The standard InChI is InChI=1S/C18H21N5O2S/c1-22(2)14-7-4-6-13(10-14)17-20-21-18(23(17)3)26-12-16(24)19-11-15-8-5-9-25-15/h4-10H,11-12H2,1-3H3,(H,19,24). The second-order valence-electron chi connectivity index (χ2n) is 5.95. The first kappa shape index (κ1) is 18.1. The summed E-state index contributed by atoms with van der Waals surface area (Å²) in [6.07, 6.45) is 1.59. The maximum absolute atomic E-state index is 12.0. The Morgan fingerprint density at radius 2 is 2.12 bits per heavy atom. The van der Waals surface area contributed by atoms with Crippen LogP contribution in [0.25, 0.3) is 11.4 Å². The smallest absolute Gasteiger partial charge is 0.230 e. The van der Waals surface area contributed by atoms with E-state index in [0.29, 0.717) is 11.7 Å². The highest BCUT2D eigenvalue weighted by atomic mass is 32.2. The maximum atomic E-state index is 12.0. The van der Waals surface area contributed by atoms with E-state index in [9.17, 15) is 4.79 Å². The number of nitrogens with zero attached hydrogens (tertiary/aromatic N) is 4. The van der Waals surface area contributed by atoms with Gasteiger partial charge in [-0.1, -0.05) is 23.9 Å². The molecule has 0 bridgehead atoms. The van der Waals surface area contributed by atoms with Gasteiger partial charge in [0.15, 0.2) is 11.0 Å². The number of carbonyl (C=O) groups is 1. The van der Waals surface area contributed by atoms with Crippen LogP contribution in [0.3, 0.4) is 0 Å². The van der Waals surface area contributed by atoms with Crippen molar-refractivity contribution in [1.29, 1.82) is 0 Å². The van der Waals surface area contributed by atoms with Crippen LogP contribution in [0.5, 0.6) is 0 Å². The van der Waals surface area contributed by atoms with Crippen LogP contribution in [0.2, 0.25) is 0 Å². The number of nitrogens with one attached hydrogen (secondary N) is 1. The third-order valence-corrected chi connectivity index (χ3v) is 4.85. The molecule has 0 fully saturated rings. The second-order valence-corrected chi connectivity index (χ2v) is 6.90. The summed E-state index contributed by atoms with van der Waals surface area (Å²) < 4.78 is 7.10. The number of hydrogen-bond acceptors (Lipinski definition) is 6. The molecule has 0 radical (unpaired) electrons. The summed E-state index contributed by atoms with van der Waals surface area (Å²) in [7, 11) is 5.90. The number of carbonyl (C=O) groups excluding carboxylic acids is 1. The number of benzene rings is 1. The van der Waals surface area contributed by atoms with E-state index in [1.54, 1.807) is 12.3 Å². The van der Waals surface area contributed by atoms with Crippen molar-refractivity contribution in [3.8, 4) is 11.4 Å². The van der Waals surface area contributed by atoms with E-state index < -0.39 is 0 Å². The monoisotopic (exact) mass is 371 g/mol. The van der Waals surface area contributed by atoms with Gasteiger partial charge in [-0.05, 0) is 24.3 Å². The first-order chi connectivity index (χ1) is 12.5. The van der Waals surface area contributed by atoms with Crippen molar-refractivity contribution in [3.05, 3.63) is 48.4 Å². The molecule has 3 rings (SSSR count). The number of furan rings is 1. The molecule has 0 saturated carbocycles. The van der Waals surface area contributed by atoms with Gasteiger partial charge in [0.05, 0.1) is 18.6 Å². The number of hydrogen-bond donors (Lipinski definition) is 1. The van der Waals surface area contributed by atoms with E-state index in [-0.39, 0.29) is 11.7 Å². The molecule has 0 aliphatic rings. The normalized spacial score (nSPS) is 10.7. The molecule has 26 heavy (non-hydrogen) atoms. The van der Waals surface area contributed by atoms with E-state index in [0.717, 1.165) is 22.8 Å². The van der Waals surface area contributed by atoms with Crippen molar-refractivity contribution in [2.75, 3.05) is 24.7 Å². The summed E-state index contributed by atoms with van der Waals surface area (Å²) in [5, 5.41) is 12.0. The molecule has 0 aliphatic heterocycles. The van der Waals surface area contributed by atoms with Crippen molar-refractivity contribution >= 4 is 23.4 Å². The van der Waals surface area contributed by atoms with Crippen molar-refractivity contribution in [2.45, 2.75) is 11.7 Å². The largest absolute Gasteiger partial charge is 0.467 e. The maximum Gasteiger partial charge on any atom is 0.230 e. The van der Waals surface area contributed by atoms with E-state index >= 15 is 0 Å². The summed E-state index contributed by atoms with van der Waals surface area (Å²) in [6.45, 7) is 0.383. The summed E-state index contributed by atoms with van der Waals surface area (Å²) in [5.74, 6) is 1.69. The fourth-order valence-electron chi connectivity index (χ4n) is 2.40. The molecule has 2 aromatic heterocycles. The molecule has 0 spiro atoms. The van der Waals surface area contributed by atoms with Crippen LogP contribution in [0.1, 0.15) is 5.76 Å². The molecule has 0 aliphatic carbocycles. The summed E-state index contributed by atoms with van der Waals surface area (Å²) in [6, 6.07) is 11.7. The Balaban J connectivity index is 1.62. The Morgan fingerprint density at radius 3 is 2.85 bits per heavy atom. The van der Waals surface area contributed by atoms with Crippen LogP contribution in [-0.2, 0) is 18.4 Å². The lowest BCUT2D eigenvalue weighted by Crippen LogP contribution is -2.24. The Labute approximate surface area is 156 Å². The summed E-state index contributed by atoms with van der Waals surface area (Å²) >= 11 is 1.35. The minimum absolute atomic E-state index is 0.0782. The second kappa shape index (κ2) is 8.09. The number of anilines is 1. The highest BCUT2D eigenvalue weighted by Crippen LogP contribution is 2.25. The average Bonchev–Trinajstić information content (AvgIpc) is 3.28. The van der Waals surface area contributed by atoms with Crippen LogP contribution < -0.4 is 10.2 Å². The summed E-state index contributed by atoms with van der Waals surface area (Å²) in [5.41, 5.74) is 2.08. The van der Waals surface area contributed by atoms with Crippen molar-refractivity contribution in [2.24, 2.45) is 7.05 Å². The van der Waals surface area contributed by atoms with Gasteiger partial charge < -0.3 is 19.2 Å². The fourth-order valence-corrected chi connectivity index (χ4v) is 3.14. The number of amides is 1. The van der Waals surface area contributed by atoms with Crippen LogP contribution >= 0.6 is 11.8 Å². The number of aromatic nitrogens is 3. The van der Waals surface area contributed by atoms with E-state index in [2.05, 4.69) is 21.6 Å². The minimum atomic E-state index is -0.0782. The highest BCUT2D eigenvalue weighted by Gasteiger charge is 2.13. The Hall–Kier alpha value is -2.74. The number of thioether (sulfide) groups is 1. The van der Waals surface area contributed by atoms with Crippen molar-refractivity contribution < 1.29 is 9.21 Å². The van der Waals surface area contributed by atoms with Gasteiger partial charge in [-0.3, -0.25) is 4.79 Å². The molecule has 136 valence electrons. The number of rotatable bonds is 7. The van der Waals surface area contributed by atoms with Gasteiger partial charge in [0.1, 0.15) is 5.76 Å². The van der Waals surface area contributed by atoms with Gasteiger partial charge in [-0.2, -0.15) is 0 Å². The SMILES string of the molecule is CN(C)c1cccc(-c2nnc(SCC(=O)NCc3ccco3)n2C)c1. The van der Waals surface area contributed by atoms with Gasteiger partial charge >= 0.3 is 0 Å². The Kier molecular flexibility index (Phi) is 5.62. The van der Waals surface area contributed by atoms with Crippen LogP contribution in [0.15, 0.2) is 52.2 Å². The van der Waals surface area contributed by atoms with Crippen molar-refractivity contribution in [3.63, 3.8) is 0 Å². The van der Waals surface area contributed by atoms with Crippen LogP contribution in [0, 0.1) is 0 Å². The Bertz CT molecular complexity index is 874. The molecule has 0 saturated heterocycles. The Morgan fingerprint density at radius 1 is 1.27 bits per heavy atom. The van der Waals surface area contributed by atoms with E-state index in [4.69, 9.17) is 4.42 Å². The lowest BCUT2D eigenvalue weighted by atomic mass is 10.2. The van der Waals surface area contributed by atoms with Gasteiger partial charge in [0.25, 0.3) is 0 Å². The highest BCUT2D eigenvalue weighted by molar-refractivity contribution is 7.99. The predicted octanol–water partition coefficient (Wildman–Crippen LogP) is 2.55. The van der Waals surface area contributed by atoms with Gasteiger partial charge in [0, 0.05) is 32.4 Å². The van der Waals surface area contributed by atoms with Crippen molar-refractivity contribution in [1.82, 2.24) is 20.1 Å². The molecule has 2 heterocycles. The molecule has 1 N–H and O–H groups in total. The van der Waals surface area contributed by atoms with Gasteiger partial charge in [-0.15, -0.1) is 10.2 Å². The molecule has 1 aromatic carbocycles. The first-order valence-electron chi connectivity index (χ1n) is 8.13. The minimum Gasteiger partial charge on any atom is -0.467 e. The van der Waals surface area contributed by atoms with Crippen LogP contribution in [0.4, 0.5) is 5.69 Å². The average molecular weight is 371 g/mol. The molecule has 0 atom stereocenters. The molecule has 0 unspecified atom stereocenters. The predicted molar refractivity (Wildman–Crippen MR) is 102 cm³/mol. The lowest BCUT2D eigenvalue weighted by Gasteiger charge is -2.13. The molecule has 8 heteroatoms. The molecular formula is C18H21N5O2S. The quantitative estimate of drug-likeness (QED) is 0.643. The first-order valence-corrected chi connectivity index (χ1v) is 9.12. The topological polar surface area (TPSA) is 76.2 Å². The third-order valence-electron chi connectivity index (χ3n) is 3.83. The molecule has 7 nitrogen and oxygen atoms in total. The third kappa shape index (κ3) is 4.26. The zero-order chi connectivity index (χ0) is 18.5. The van der Waals surface area contributed by atoms with Gasteiger partial charge in [-0.25, -0.2) is 0 Å². The zero-order valence-electron chi connectivity index (χ0n) is 15.0. The van der Waals surface area contributed by atoms with E-state index in [1.807, 2.05) is 54.9 Å². The zero-order valence-corrected chi connectivity index (χ0v) is 15.8. The van der Waals surface area contributed by atoms with Gasteiger partial charge in [0.2, 0.25) is 5.91 Å². The van der Waals surface area contributed by atoms with E-state index in [1.165, 1.54) is 11.8 Å².